The van der Waals surface area contributed by atoms with Crippen molar-refractivity contribution in [3.05, 3.63) is 48.3 Å². The lowest BCUT2D eigenvalue weighted by atomic mass is 10.1. The molecule has 164 valence electrons. The summed E-state index contributed by atoms with van der Waals surface area (Å²) in [6, 6.07) is 11.0. The minimum atomic E-state index is -0.147. The summed E-state index contributed by atoms with van der Waals surface area (Å²) < 4.78 is 23.0. The van der Waals surface area contributed by atoms with Crippen molar-refractivity contribution >= 4 is 17.7 Å². The molecular formula is C21H24N4O5S. The molecule has 31 heavy (non-hydrogen) atoms. The highest BCUT2D eigenvalue weighted by Crippen LogP contribution is 2.34. The summed E-state index contributed by atoms with van der Waals surface area (Å²) in [5.41, 5.74) is 1.66. The van der Waals surface area contributed by atoms with Gasteiger partial charge < -0.3 is 24.3 Å². The molecule has 3 aromatic rings. The predicted octanol–water partition coefficient (Wildman–Crippen LogP) is 2.71. The van der Waals surface area contributed by atoms with Gasteiger partial charge in [0.2, 0.25) is 5.91 Å². The van der Waals surface area contributed by atoms with Crippen LogP contribution in [-0.4, -0.2) is 54.9 Å². The summed E-state index contributed by atoms with van der Waals surface area (Å²) >= 11 is 1.30. The van der Waals surface area contributed by atoms with E-state index in [-0.39, 0.29) is 18.2 Å². The molecule has 1 heterocycles. The molecule has 9 nitrogen and oxygen atoms in total. The first-order valence-corrected chi connectivity index (χ1v) is 10.3. The second-order valence-corrected chi connectivity index (χ2v) is 7.21. The fourth-order valence-corrected chi connectivity index (χ4v) is 3.61. The number of hydrogen-bond donors (Lipinski definition) is 1. The van der Waals surface area contributed by atoms with Crippen molar-refractivity contribution in [1.82, 2.24) is 20.1 Å². The molecule has 1 N–H and O–H groups in total. The Morgan fingerprint density at radius 1 is 0.968 bits per heavy atom. The molecular weight excluding hydrogens is 420 g/mol. The van der Waals surface area contributed by atoms with E-state index in [9.17, 15) is 4.79 Å². The van der Waals surface area contributed by atoms with E-state index in [4.69, 9.17) is 18.9 Å². The second kappa shape index (κ2) is 10.6. The molecule has 0 aliphatic carbocycles. The molecule has 10 heteroatoms. The van der Waals surface area contributed by atoms with Crippen molar-refractivity contribution in [3.8, 4) is 28.7 Å². The van der Waals surface area contributed by atoms with Crippen molar-refractivity contribution < 1.29 is 23.7 Å². The van der Waals surface area contributed by atoms with Crippen molar-refractivity contribution in [2.24, 2.45) is 0 Å². The number of amides is 1. The van der Waals surface area contributed by atoms with Crippen LogP contribution in [0, 0.1) is 0 Å². The van der Waals surface area contributed by atoms with Gasteiger partial charge in [-0.3, -0.25) is 9.36 Å². The maximum absolute atomic E-state index is 12.4. The summed E-state index contributed by atoms with van der Waals surface area (Å²) in [6.45, 7) is 0.286. The van der Waals surface area contributed by atoms with E-state index in [0.717, 1.165) is 17.0 Å². The topological polar surface area (TPSA) is 96.7 Å². The van der Waals surface area contributed by atoms with Gasteiger partial charge in [0.15, 0.2) is 16.7 Å². The van der Waals surface area contributed by atoms with Gasteiger partial charge >= 0.3 is 0 Å². The quantitative estimate of drug-likeness (QED) is 0.477. The first-order chi connectivity index (χ1) is 15.1. The number of carbonyl (C=O) groups is 1. The third-order valence-electron chi connectivity index (χ3n) is 4.46. The van der Waals surface area contributed by atoms with Crippen molar-refractivity contribution in [1.29, 1.82) is 0 Å². The standard InChI is InChI=1S/C21H24N4O5S/c1-27-16-7-5-15(6-8-16)25-13-23-24-21(25)31-12-20(26)22-11-14-9-18(29-3)19(30-4)10-17(14)28-2/h5-10,13H,11-12H2,1-4H3,(H,22,26). The third-order valence-corrected chi connectivity index (χ3v) is 5.41. The fraction of sp³-hybridized carbons (Fsp3) is 0.286. The Morgan fingerprint density at radius 2 is 1.65 bits per heavy atom. The monoisotopic (exact) mass is 444 g/mol. The maximum Gasteiger partial charge on any atom is 0.230 e. The van der Waals surface area contributed by atoms with E-state index in [1.807, 2.05) is 28.8 Å². The third kappa shape index (κ3) is 5.40. The van der Waals surface area contributed by atoms with Crippen molar-refractivity contribution in [2.45, 2.75) is 11.7 Å². The van der Waals surface area contributed by atoms with E-state index < -0.39 is 0 Å². The molecule has 0 bridgehead atoms. The highest BCUT2D eigenvalue weighted by Gasteiger charge is 2.14. The van der Waals surface area contributed by atoms with Gasteiger partial charge in [0, 0.05) is 23.9 Å². The van der Waals surface area contributed by atoms with Crippen LogP contribution in [0.1, 0.15) is 5.56 Å². The SMILES string of the molecule is COc1ccc(-n2cnnc2SCC(=O)NCc2cc(OC)c(OC)cc2OC)cc1. The number of benzene rings is 2. The van der Waals surface area contributed by atoms with Gasteiger partial charge in [-0.2, -0.15) is 0 Å². The zero-order valence-corrected chi connectivity index (χ0v) is 18.6. The van der Waals surface area contributed by atoms with Crippen LogP contribution >= 0.6 is 11.8 Å². The van der Waals surface area contributed by atoms with Crippen LogP contribution in [-0.2, 0) is 11.3 Å². The minimum Gasteiger partial charge on any atom is -0.497 e. The van der Waals surface area contributed by atoms with E-state index in [2.05, 4.69) is 15.5 Å². The van der Waals surface area contributed by atoms with E-state index in [1.165, 1.54) is 11.8 Å². The smallest absolute Gasteiger partial charge is 0.230 e. The number of thioether (sulfide) groups is 1. The molecule has 1 aromatic heterocycles. The highest BCUT2D eigenvalue weighted by atomic mass is 32.2. The van der Waals surface area contributed by atoms with Crippen molar-refractivity contribution in [2.75, 3.05) is 34.2 Å². The van der Waals surface area contributed by atoms with Gasteiger partial charge in [-0.1, -0.05) is 11.8 Å². The predicted molar refractivity (Wildman–Crippen MR) is 117 cm³/mol. The van der Waals surface area contributed by atoms with Gasteiger partial charge in [-0.05, 0) is 30.3 Å². The van der Waals surface area contributed by atoms with Crippen LogP contribution in [0.15, 0.2) is 47.9 Å². The average Bonchev–Trinajstić information content (AvgIpc) is 3.29. The second-order valence-electron chi connectivity index (χ2n) is 6.27. The molecule has 3 rings (SSSR count). The van der Waals surface area contributed by atoms with Crippen LogP contribution in [0.4, 0.5) is 0 Å². The van der Waals surface area contributed by atoms with Crippen LogP contribution in [0.3, 0.4) is 0 Å². The Bertz CT molecular complexity index is 1020. The highest BCUT2D eigenvalue weighted by molar-refractivity contribution is 7.99. The molecule has 2 aromatic carbocycles. The molecule has 0 saturated heterocycles. The van der Waals surface area contributed by atoms with E-state index >= 15 is 0 Å². The molecule has 0 spiro atoms. The van der Waals surface area contributed by atoms with Crippen LogP contribution in [0.25, 0.3) is 5.69 Å². The van der Waals surface area contributed by atoms with Crippen molar-refractivity contribution in [3.63, 3.8) is 0 Å². The largest absolute Gasteiger partial charge is 0.497 e. The van der Waals surface area contributed by atoms with E-state index in [0.29, 0.717) is 22.4 Å². The van der Waals surface area contributed by atoms with E-state index in [1.54, 1.807) is 46.9 Å². The normalized spacial score (nSPS) is 10.5. The molecule has 0 aliphatic heterocycles. The number of ether oxygens (including phenoxy) is 4. The lowest BCUT2D eigenvalue weighted by Crippen LogP contribution is -2.25. The first-order valence-electron chi connectivity index (χ1n) is 9.32. The molecule has 0 aliphatic rings. The van der Waals surface area contributed by atoms with Gasteiger partial charge in [0.1, 0.15) is 17.8 Å². The molecule has 0 fully saturated rings. The minimum absolute atomic E-state index is 0.147. The Labute approximate surface area is 184 Å². The number of methoxy groups -OCH3 is 4. The number of carbonyl (C=O) groups excluding carboxylic acids is 1. The Kier molecular flexibility index (Phi) is 7.60. The number of nitrogens with zero attached hydrogens (tertiary/aromatic N) is 3. The summed E-state index contributed by atoms with van der Waals surface area (Å²) in [6.07, 6.45) is 1.61. The van der Waals surface area contributed by atoms with Gasteiger partial charge in [0.05, 0.1) is 34.2 Å². The Hall–Kier alpha value is -3.40. The molecule has 0 unspecified atom stereocenters. The Morgan fingerprint density at radius 3 is 2.29 bits per heavy atom. The molecule has 0 atom stereocenters. The number of rotatable bonds is 10. The van der Waals surface area contributed by atoms with Gasteiger partial charge in [-0.25, -0.2) is 0 Å². The number of nitrogens with one attached hydrogen (secondary N) is 1. The summed E-state index contributed by atoms with van der Waals surface area (Å²) in [5, 5.41) is 11.6. The molecule has 1 amide bonds. The Balaban J connectivity index is 1.61. The fourth-order valence-electron chi connectivity index (χ4n) is 2.85. The zero-order valence-electron chi connectivity index (χ0n) is 17.7. The van der Waals surface area contributed by atoms with Gasteiger partial charge in [0.25, 0.3) is 0 Å². The molecule has 0 saturated carbocycles. The maximum atomic E-state index is 12.4. The van der Waals surface area contributed by atoms with Crippen LogP contribution in [0.2, 0.25) is 0 Å². The summed E-state index contributed by atoms with van der Waals surface area (Å²) in [4.78, 5) is 12.4. The lowest BCUT2D eigenvalue weighted by Gasteiger charge is -2.14. The van der Waals surface area contributed by atoms with Crippen LogP contribution in [0.5, 0.6) is 23.0 Å². The number of aromatic nitrogens is 3. The van der Waals surface area contributed by atoms with Crippen LogP contribution < -0.4 is 24.3 Å². The van der Waals surface area contributed by atoms with Gasteiger partial charge in [-0.15, -0.1) is 10.2 Å². The first kappa shape index (κ1) is 22.3. The lowest BCUT2D eigenvalue weighted by molar-refractivity contribution is -0.118. The number of hydrogen-bond acceptors (Lipinski definition) is 8. The average molecular weight is 445 g/mol. The summed E-state index contributed by atoms with van der Waals surface area (Å²) in [7, 11) is 6.29. The summed E-state index contributed by atoms with van der Waals surface area (Å²) in [5.74, 6) is 2.52. The molecule has 0 radical (unpaired) electrons. The zero-order chi connectivity index (χ0) is 22.2.